The van der Waals surface area contributed by atoms with Crippen LogP contribution >= 0.6 is 11.8 Å². The Morgan fingerprint density at radius 1 is 0.857 bits per heavy atom. The largest absolute Gasteiger partial charge is 0.494 e. The summed E-state index contributed by atoms with van der Waals surface area (Å²) in [5.41, 5.74) is 1.26. The van der Waals surface area contributed by atoms with Crippen molar-refractivity contribution in [3.05, 3.63) is 72.3 Å². The van der Waals surface area contributed by atoms with Crippen LogP contribution < -0.4 is 9.47 Å². The van der Waals surface area contributed by atoms with Gasteiger partial charge in [-0.05, 0) is 53.5 Å². The quantitative estimate of drug-likeness (QED) is 0.460. The van der Waals surface area contributed by atoms with Crippen LogP contribution in [0.1, 0.15) is 12.0 Å². The van der Waals surface area contributed by atoms with Crippen molar-refractivity contribution in [2.75, 3.05) is 24.7 Å². The average Bonchev–Trinajstić information content (AvgIpc) is 2.72. The zero-order valence-electron chi connectivity index (χ0n) is 15.7. The van der Waals surface area contributed by atoms with E-state index in [-0.39, 0.29) is 6.61 Å². The number of hydrogen-bond donors (Lipinski definition) is 1. The van der Waals surface area contributed by atoms with E-state index < -0.39 is 5.97 Å². The number of aliphatic carboxylic acids is 1. The van der Waals surface area contributed by atoms with E-state index in [1.54, 1.807) is 0 Å². The first-order valence-electron chi connectivity index (χ1n) is 9.35. The number of fused-ring (bicyclic) bond motifs is 1. The van der Waals surface area contributed by atoms with Gasteiger partial charge in [-0.1, -0.05) is 48.5 Å². The maximum atomic E-state index is 10.8. The lowest BCUT2D eigenvalue weighted by molar-refractivity contribution is -0.139. The van der Waals surface area contributed by atoms with Gasteiger partial charge in [-0.2, -0.15) is 11.8 Å². The van der Waals surface area contributed by atoms with Crippen LogP contribution in [0, 0.1) is 0 Å². The van der Waals surface area contributed by atoms with Gasteiger partial charge in [-0.15, -0.1) is 0 Å². The van der Waals surface area contributed by atoms with Crippen molar-refractivity contribution in [1.82, 2.24) is 0 Å². The molecule has 0 saturated carbocycles. The van der Waals surface area contributed by atoms with Crippen LogP contribution in [0.15, 0.2) is 66.7 Å². The highest BCUT2D eigenvalue weighted by Gasteiger charge is 2.07. The molecule has 146 valence electrons. The highest BCUT2D eigenvalue weighted by molar-refractivity contribution is 7.99. The first kappa shape index (κ1) is 20.1. The lowest BCUT2D eigenvalue weighted by Gasteiger charge is -2.11. The number of carbonyl (C=O) groups is 1. The number of thioether (sulfide) groups is 1. The molecule has 0 fully saturated rings. The summed E-state index contributed by atoms with van der Waals surface area (Å²) in [6.07, 6.45) is 1.98. The molecule has 3 aromatic rings. The second kappa shape index (κ2) is 10.6. The van der Waals surface area contributed by atoms with Crippen molar-refractivity contribution < 1.29 is 19.4 Å². The van der Waals surface area contributed by atoms with E-state index in [4.69, 9.17) is 14.6 Å². The summed E-state index contributed by atoms with van der Waals surface area (Å²) in [5.74, 6) is 2.66. The van der Waals surface area contributed by atoms with Crippen molar-refractivity contribution in [1.29, 1.82) is 0 Å². The molecule has 28 heavy (non-hydrogen) atoms. The molecule has 0 radical (unpaired) electrons. The molecule has 0 aromatic heterocycles. The topological polar surface area (TPSA) is 55.8 Å². The molecule has 3 rings (SSSR count). The molecular formula is C23H24O4S. The molecule has 1 N–H and O–H groups in total. The molecule has 3 aromatic carbocycles. The van der Waals surface area contributed by atoms with Crippen LogP contribution in [0.25, 0.3) is 10.8 Å². The molecule has 0 spiro atoms. The monoisotopic (exact) mass is 396 g/mol. The summed E-state index contributed by atoms with van der Waals surface area (Å²) >= 11 is 1.92. The first-order chi connectivity index (χ1) is 13.7. The van der Waals surface area contributed by atoms with Crippen molar-refractivity contribution >= 4 is 28.5 Å². The third-order valence-electron chi connectivity index (χ3n) is 4.28. The minimum Gasteiger partial charge on any atom is -0.494 e. The molecule has 4 nitrogen and oxygen atoms in total. The molecular weight excluding hydrogens is 372 g/mol. The fourth-order valence-electron chi connectivity index (χ4n) is 2.98. The zero-order chi connectivity index (χ0) is 19.6. The normalized spacial score (nSPS) is 10.7. The van der Waals surface area contributed by atoms with Crippen molar-refractivity contribution in [3.8, 4) is 11.5 Å². The third-order valence-corrected chi connectivity index (χ3v) is 5.35. The van der Waals surface area contributed by atoms with Gasteiger partial charge in [0.2, 0.25) is 0 Å². The molecule has 0 atom stereocenters. The van der Waals surface area contributed by atoms with E-state index >= 15 is 0 Å². The Hall–Kier alpha value is -2.66. The molecule has 0 heterocycles. The van der Waals surface area contributed by atoms with Crippen LogP contribution in [-0.4, -0.2) is 35.8 Å². The number of para-hydroxylation sites is 1. The number of rotatable bonds is 11. The lowest BCUT2D eigenvalue weighted by atomic mass is 10.0. The van der Waals surface area contributed by atoms with E-state index in [0.29, 0.717) is 5.75 Å². The maximum Gasteiger partial charge on any atom is 0.341 e. The van der Waals surface area contributed by atoms with Gasteiger partial charge in [0.15, 0.2) is 6.61 Å². The van der Waals surface area contributed by atoms with E-state index in [9.17, 15) is 4.79 Å². The van der Waals surface area contributed by atoms with Gasteiger partial charge < -0.3 is 14.6 Å². The molecule has 0 saturated heterocycles. The van der Waals surface area contributed by atoms with Crippen molar-refractivity contribution in [2.24, 2.45) is 0 Å². The van der Waals surface area contributed by atoms with Gasteiger partial charge in [0.25, 0.3) is 0 Å². The summed E-state index contributed by atoms with van der Waals surface area (Å²) < 4.78 is 11.1. The Morgan fingerprint density at radius 2 is 1.64 bits per heavy atom. The molecule has 5 heteroatoms. The number of carboxylic acids is 1. The van der Waals surface area contributed by atoms with E-state index in [1.807, 2.05) is 66.4 Å². The van der Waals surface area contributed by atoms with Crippen LogP contribution in [-0.2, 0) is 11.2 Å². The average molecular weight is 397 g/mol. The molecule has 0 amide bonds. The molecule has 0 aliphatic rings. The summed E-state index contributed by atoms with van der Waals surface area (Å²) in [4.78, 5) is 10.8. The molecule has 0 aliphatic carbocycles. The molecule has 0 unspecified atom stereocenters. The summed E-state index contributed by atoms with van der Waals surface area (Å²) in [5, 5.41) is 10.9. The van der Waals surface area contributed by atoms with Crippen molar-refractivity contribution in [3.63, 3.8) is 0 Å². The predicted octanol–water partition coefficient (Wildman–Crippen LogP) is 5.05. The first-order valence-corrected chi connectivity index (χ1v) is 10.5. The smallest absolute Gasteiger partial charge is 0.341 e. The molecule has 0 bridgehead atoms. The Morgan fingerprint density at radius 3 is 2.46 bits per heavy atom. The van der Waals surface area contributed by atoms with Gasteiger partial charge in [0.1, 0.15) is 11.5 Å². The maximum absolute atomic E-state index is 10.8. The fraction of sp³-hybridized carbons (Fsp3) is 0.261. The second-order valence-electron chi connectivity index (χ2n) is 6.33. The summed E-state index contributed by atoms with van der Waals surface area (Å²) in [6.45, 7) is 0.403. The van der Waals surface area contributed by atoms with Crippen LogP contribution in [0.4, 0.5) is 0 Å². The Kier molecular flexibility index (Phi) is 7.62. The molecule has 0 aliphatic heterocycles. The lowest BCUT2D eigenvalue weighted by Crippen LogP contribution is -2.09. The fourth-order valence-corrected chi connectivity index (χ4v) is 3.87. The number of aryl methyl sites for hydroxylation is 1. The summed E-state index contributed by atoms with van der Waals surface area (Å²) in [6, 6.07) is 21.8. The Balaban J connectivity index is 1.46. The number of carboxylic acid groups (broad SMARTS) is 1. The SMILES string of the molecule is O=C(O)COc1cccc2c(CCSCCCOc3ccccc3)cccc12. The van der Waals surface area contributed by atoms with Gasteiger partial charge in [0.05, 0.1) is 6.61 Å². The number of ether oxygens (including phenoxy) is 2. The van der Waals surface area contributed by atoms with Gasteiger partial charge in [-0.25, -0.2) is 4.79 Å². The minimum atomic E-state index is -0.971. The van der Waals surface area contributed by atoms with Crippen LogP contribution in [0.3, 0.4) is 0 Å². The highest BCUT2D eigenvalue weighted by atomic mass is 32.2. The Labute approximate surface area is 169 Å². The van der Waals surface area contributed by atoms with Gasteiger partial charge in [-0.3, -0.25) is 0 Å². The summed E-state index contributed by atoms with van der Waals surface area (Å²) in [7, 11) is 0. The zero-order valence-corrected chi connectivity index (χ0v) is 16.5. The van der Waals surface area contributed by atoms with E-state index in [0.717, 1.165) is 47.5 Å². The van der Waals surface area contributed by atoms with Gasteiger partial charge in [0, 0.05) is 5.39 Å². The predicted molar refractivity (Wildman–Crippen MR) is 115 cm³/mol. The Bertz CT molecular complexity index is 896. The highest BCUT2D eigenvalue weighted by Crippen LogP contribution is 2.28. The van der Waals surface area contributed by atoms with Gasteiger partial charge >= 0.3 is 5.97 Å². The third kappa shape index (κ3) is 5.92. The standard InChI is InChI=1S/C23H24O4S/c24-23(25)17-27-22-12-5-10-20-18(7-4-11-21(20)22)13-16-28-15-6-14-26-19-8-2-1-3-9-19/h1-5,7-12H,6,13-17H2,(H,24,25). The van der Waals surface area contributed by atoms with Crippen LogP contribution in [0.2, 0.25) is 0 Å². The van der Waals surface area contributed by atoms with E-state index in [1.165, 1.54) is 5.56 Å². The second-order valence-corrected chi connectivity index (χ2v) is 7.55. The number of hydrogen-bond acceptors (Lipinski definition) is 4. The van der Waals surface area contributed by atoms with Crippen LogP contribution in [0.5, 0.6) is 11.5 Å². The minimum absolute atomic E-state index is 0.329. The van der Waals surface area contributed by atoms with Crippen molar-refractivity contribution in [2.45, 2.75) is 12.8 Å². The van der Waals surface area contributed by atoms with E-state index in [2.05, 4.69) is 12.1 Å². The number of benzene rings is 3.